The van der Waals surface area contributed by atoms with Crippen LogP contribution in [0.1, 0.15) is 18.1 Å². The van der Waals surface area contributed by atoms with Crippen molar-refractivity contribution in [1.29, 1.82) is 0 Å². The number of carboxylic acids is 1. The molecule has 0 atom stereocenters. The quantitative estimate of drug-likeness (QED) is 0.698. The number of aromatic nitrogens is 3. The molecule has 1 aromatic rings. The molecule has 0 aliphatic rings. The maximum atomic E-state index is 10.2. The van der Waals surface area contributed by atoms with Gasteiger partial charge in [0.15, 0.2) is 5.82 Å². The molecule has 0 fully saturated rings. The normalized spacial score (nSPS) is 10.2. The Bertz CT molecular complexity index is 273. The fourth-order valence-electron chi connectivity index (χ4n) is 0.852. The summed E-state index contributed by atoms with van der Waals surface area (Å²) < 4.78 is 1.64. The number of aryl methyl sites for hydroxylation is 3. The molecular formula is C7H11N3O2. The molecule has 0 bridgehead atoms. The molecule has 0 saturated heterocycles. The predicted octanol–water partition coefficient (Wildman–Crippen LogP) is 0.141. The minimum Gasteiger partial charge on any atom is -0.481 e. The van der Waals surface area contributed by atoms with Crippen molar-refractivity contribution in [2.45, 2.75) is 19.8 Å². The highest BCUT2D eigenvalue weighted by Gasteiger charge is 2.04. The summed E-state index contributed by atoms with van der Waals surface area (Å²) in [5, 5.41) is 12.4. The van der Waals surface area contributed by atoms with Crippen molar-refractivity contribution in [1.82, 2.24) is 14.8 Å². The van der Waals surface area contributed by atoms with Crippen LogP contribution in [-0.2, 0) is 18.3 Å². The van der Waals surface area contributed by atoms with Gasteiger partial charge in [-0.15, -0.1) is 0 Å². The number of nitrogens with zero attached hydrogens (tertiary/aromatic N) is 3. The van der Waals surface area contributed by atoms with E-state index in [2.05, 4.69) is 10.1 Å². The summed E-state index contributed by atoms with van der Waals surface area (Å²) in [6, 6.07) is 0. The molecule has 0 amide bonds. The Morgan fingerprint density at radius 2 is 2.33 bits per heavy atom. The minimum atomic E-state index is -0.819. The van der Waals surface area contributed by atoms with Gasteiger partial charge in [0.05, 0.1) is 6.42 Å². The van der Waals surface area contributed by atoms with E-state index in [4.69, 9.17) is 5.11 Å². The number of carboxylic acid groups (broad SMARTS) is 1. The third-order valence-electron chi connectivity index (χ3n) is 1.59. The highest BCUT2D eigenvalue weighted by atomic mass is 16.4. The number of aliphatic carboxylic acids is 1. The minimum absolute atomic E-state index is 0.0868. The van der Waals surface area contributed by atoms with Crippen LogP contribution in [0.2, 0.25) is 0 Å². The Morgan fingerprint density at radius 1 is 1.67 bits per heavy atom. The number of carbonyl (C=O) groups is 1. The molecule has 1 heterocycles. The smallest absolute Gasteiger partial charge is 0.303 e. The van der Waals surface area contributed by atoms with Crippen molar-refractivity contribution in [2.24, 2.45) is 7.05 Å². The van der Waals surface area contributed by atoms with Gasteiger partial charge in [0.25, 0.3) is 0 Å². The first-order valence-electron chi connectivity index (χ1n) is 3.68. The molecule has 0 radical (unpaired) electrons. The first-order chi connectivity index (χ1) is 5.59. The molecule has 0 saturated carbocycles. The summed E-state index contributed by atoms with van der Waals surface area (Å²) in [5.74, 6) is 0.577. The zero-order chi connectivity index (χ0) is 9.14. The van der Waals surface area contributed by atoms with Gasteiger partial charge >= 0.3 is 5.97 Å². The molecular weight excluding hydrogens is 158 g/mol. The lowest BCUT2D eigenvalue weighted by Crippen LogP contribution is -1.99. The summed E-state index contributed by atoms with van der Waals surface area (Å²) in [6.45, 7) is 1.83. The Morgan fingerprint density at radius 3 is 2.75 bits per heavy atom. The van der Waals surface area contributed by atoms with Gasteiger partial charge in [0.2, 0.25) is 0 Å². The van der Waals surface area contributed by atoms with Gasteiger partial charge in [-0.1, -0.05) is 0 Å². The lowest BCUT2D eigenvalue weighted by atomic mass is 10.3. The Kier molecular flexibility index (Phi) is 2.42. The van der Waals surface area contributed by atoms with Crippen LogP contribution in [0.15, 0.2) is 0 Å². The van der Waals surface area contributed by atoms with Crippen LogP contribution < -0.4 is 0 Å². The average Bonchev–Trinajstić information content (AvgIpc) is 2.28. The second-order valence-electron chi connectivity index (χ2n) is 2.59. The van der Waals surface area contributed by atoms with Crippen LogP contribution in [0, 0.1) is 6.92 Å². The van der Waals surface area contributed by atoms with Crippen LogP contribution in [0.5, 0.6) is 0 Å². The molecule has 1 N–H and O–H groups in total. The molecule has 0 aromatic carbocycles. The second-order valence-corrected chi connectivity index (χ2v) is 2.59. The Labute approximate surface area is 70.0 Å². The monoisotopic (exact) mass is 169 g/mol. The van der Waals surface area contributed by atoms with Crippen molar-refractivity contribution in [3.63, 3.8) is 0 Å². The number of rotatable bonds is 3. The van der Waals surface area contributed by atoms with E-state index < -0.39 is 5.97 Å². The molecule has 0 aliphatic heterocycles. The predicted molar refractivity (Wildman–Crippen MR) is 41.7 cm³/mol. The molecule has 66 valence electrons. The summed E-state index contributed by atoms with van der Waals surface area (Å²) in [5.41, 5.74) is 0. The van der Waals surface area contributed by atoms with Gasteiger partial charge in [0.1, 0.15) is 5.82 Å². The summed E-state index contributed by atoms with van der Waals surface area (Å²) in [7, 11) is 1.78. The van der Waals surface area contributed by atoms with Gasteiger partial charge in [-0.2, -0.15) is 5.10 Å². The van der Waals surface area contributed by atoms with E-state index >= 15 is 0 Å². The fraction of sp³-hybridized carbons (Fsp3) is 0.571. The van der Waals surface area contributed by atoms with E-state index in [0.29, 0.717) is 12.2 Å². The van der Waals surface area contributed by atoms with E-state index in [1.165, 1.54) is 0 Å². The van der Waals surface area contributed by atoms with Crippen molar-refractivity contribution in [2.75, 3.05) is 0 Å². The van der Waals surface area contributed by atoms with Crippen molar-refractivity contribution < 1.29 is 9.90 Å². The third kappa shape index (κ3) is 2.05. The Balaban J connectivity index is 2.58. The third-order valence-corrected chi connectivity index (χ3v) is 1.59. The van der Waals surface area contributed by atoms with E-state index in [9.17, 15) is 4.79 Å². The first kappa shape index (κ1) is 8.70. The van der Waals surface area contributed by atoms with Gasteiger partial charge in [-0.05, 0) is 6.92 Å². The van der Waals surface area contributed by atoms with Crippen molar-refractivity contribution in [3.05, 3.63) is 11.6 Å². The highest BCUT2D eigenvalue weighted by molar-refractivity contribution is 5.66. The lowest BCUT2D eigenvalue weighted by molar-refractivity contribution is -0.137. The average molecular weight is 169 g/mol. The van der Waals surface area contributed by atoms with E-state index in [1.54, 1.807) is 11.7 Å². The molecule has 0 spiro atoms. The standard InChI is InChI=1S/C7H11N3O2/c1-5-8-6(9-10(5)2)3-4-7(11)12/h3-4H2,1-2H3,(H,11,12). The first-order valence-corrected chi connectivity index (χ1v) is 3.68. The van der Waals surface area contributed by atoms with Crippen LogP contribution in [-0.4, -0.2) is 25.8 Å². The fourth-order valence-corrected chi connectivity index (χ4v) is 0.852. The zero-order valence-electron chi connectivity index (χ0n) is 7.11. The summed E-state index contributed by atoms with van der Waals surface area (Å²) in [6.07, 6.45) is 0.487. The summed E-state index contributed by atoms with van der Waals surface area (Å²) in [4.78, 5) is 14.3. The molecule has 5 heteroatoms. The SMILES string of the molecule is Cc1nc(CCC(=O)O)nn1C. The van der Waals surface area contributed by atoms with Crippen molar-refractivity contribution in [3.8, 4) is 0 Å². The topological polar surface area (TPSA) is 68.0 Å². The van der Waals surface area contributed by atoms with E-state index in [1.807, 2.05) is 6.92 Å². The maximum absolute atomic E-state index is 10.2. The van der Waals surface area contributed by atoms with Crippen LogP contribution in [0.4, 0.5) is 0 Å². The molecule has 1 rings (SSSR count). The molecule has 0 unspecified atom stereocenters. The molecule has 12 heavy (non-hydrogen) atoms. The van der Waals surface area contributed by atoms with Crippen LogP contribution >= 0.6 is 0 Å². The Hall–Kier alpha value is -1.39. The van der Waals surface area contributed by atoms with Gasteiger partial charge in [-0.25, -0.2) is 4.98 Å². The van der Waals surface area contributed by atoms with Gasteiger partial charge < -0.3 is 5.11 Å². The van der Waals surface area contributed by atoms with Gasteiger partial charge in [0, 0.05) is 13.5 Å². The molecule has 0 aliphatic carbocycles. The zero-order valence-corrected chi connectivity index (χ0v) is 7.11. The number of hydrogen-bond acceptors (Lipinski definition) is 3. The van der Waals surface area contributed by atoms with Crippen LogP contribution in [0.3, 0.4) is 0 Å². The molecule has 5 nitrogen and oxygen atoms in total. The maximum Gasteiger partial charge on any atom is 0.303 e. The van der Waals surface area contributed by atoms with Gasteiger partial charge in [-0.3, -0.25) is 9.48 Å². The van der Waals surface area contributed by atoms with Crippen LogP contribution in [0.25, 0.3) is 0 Å². The van der Waals surface area contributed by atoms with E-state index in [0.717, 1.165) is 5.82 Å². The second kappa shape index (κ2) is 3.34. The van der Waals surface area contributed by atoms with E-state index in [-0.39, 0.29) is 6.42 Å². The molecule has 1 aromatic heterocycles. The van der Waals surface area contributed by atoms with Crippen molar-refractivity contribution >= 4 is 5.97 Å². The summed E-state index contributed by atoms with van der Waals surface area (Å²) >= 11 is 0. The number of hydrogen-bond donors (Lipinski definition) is 1. The lowest BCUT2D eigenvalue weighted by Gasteiger charge is -1.88. The highest BCUT2D eigenvalue weighted by Crippen LogP contribution is 1.98. The largest absolute Gasteiger partial charge is 0.481 e.